The van der Waals surface area contributed by atoms with Crippen molar-refractivity contribution >= 4 is 46.8 Å². The number of carbonyl (C=O) groups is 2. The van der Waals surface area contributed by atoms with E-state index < -0.39 is 6.04 Å². The lowest BCUT2D eigenvalue weighted by molar-refractivity contribution is -0.139. The molecular weight excluding hydrogens is 451 g/mol. The van der Waals surface area contributed by atoms with E-state index in [-0.39, 0.29) is 17.9 Å². The Balaban J connectivity index is 2.17. The van der Waals surface area contributed by atoms with Gasteiger partial charge in [0.15, 0.2) is 0 Å². The van der Waals surface area contributed by atoms with Gasteiger partial charge in [-0.05, 0) is 43.0 Å². The zero-order valence-electron chi connectivity index (χ0n) is 18.2. The fourth-order valence-corrected chi connectivity index (χ4v) is 4.30. The van der Waals surface area contributed by atoms with Crippen LogP contribution >= 0.6 is 35.0 Å². The summed E-state index contributed by atoms with van der Waals surface area (Å²) >= 11 is 13.8. The number of benzene rings is 2. The van der Waals surface area contributed by atoms with Crippen molar-refractivity contribution < 1.29 is 9.59 Å². The Morgan fingerprint density at radius 2 is 1.71 bits per heavy atom. The highest BCUT2D eigenvalue weighted by molar-refractivity contribution is 7.99. The molecule has 0 spiro atoms. The summed E-state index contributed by atoms with van der Waals surface area (Å²) in [6.07, 6.45) is 1.36. The van der Waals surface area contributed by atoms with Crippen molar-refractivity contribution in [3.63, 3.8) is 0 Å². The van der Waals surface area contributed by atoms with Crippen LogP contribution in [0.25, 0.3) is 0 Å². The standard InChI is InChI=1S/C24H30Cl2N2O2S/c1-4-17(3)27-24(30)22(5-2)28(14-19-11-12-20(25)21(26)13-19)23(29)16-31-15-18-9-7-6-8-10-18/h6-13,17,22H,4-5,14-16H2,1-3H3,(H,27,30)/t17-,22-/m1/s1. The van der Waals surface area contributed by atoms with Gasteiger partial charge >= 0.3 is 0 Å². The highest BCUT2D eigenvalue weighted by Gasteiger charge is 2.29. The van der Waals surface area contributed by atoms with Crippen LogP contribution in [0.1, 0.15) is 44.7 Å². The van der Waals surface area contributed by atoms with Gasteiger partial charge in [0, 0.05) is 18.3 Å². The summed E-state index contributed by atoms with van der Waals surface area (Å²) in [7, 11) is 0. The van der Waals surface area contributed by atoms with Gasteiger partial charge in [0.2, 0.25) is 11.8 Å². The van der Waals surface area contributed by atoms with Crippen LogP contribution in [0.2, 0.25) is 10.0 Å². The van der Waals surface area contributed by atoms with E-state index in [9.17, 15) is 9.59 Å². The maximum atomic E-state index is 13.2. The van der Waals surface area contributed by atoms with Crippen LogP contribution in [0.15, 0.2) is 48.5 Å². The molecule has 0 saturated carbocycles. The Bertz CT molecular complexity index is 864. The Morgan fingerprint density at radius 3 is 2.32 bits per heavy atom. The molecule has 0 aliphatic heterocycles. The second-order valence-electron chi connectivity index (χ2n) is 7.49. The second kappa shape index (κ2) is 13.0. The Hall–Kier alpha value is -1.69. The fourth-order valence-electron chi connectivity index (χ4n) is 3.11. The Labute approximate surface area is 199 Å². The molecule has 0 aliphatic rings. The normalized spacial score (nSPS) is 12.8. The van der Waals surface area contributed by atoms with Crippen LogP contribution in [-0.2, 0) is 21.9 Å². The second-order valence-corrected chi connectivity index (χ2v) is 9.29. The van der Waals surface area contributed by atoms with Crippen molar-refractivity contribution in [1.29, 1.82) is 0 Å². The molecule has 0 aromatic heterocycles. The first-order chi connectivity index (χ1) is 14.8. The summed E-state index contributed by atoms with van der Waals surface area (Å²) < 4.78 is 0. The average molecular weight is 481 g/mol. The molecule has 7 heteroatoms. The molecule has 2 aromatic rings. The van der Waals surface area contributed by atoms with Gasteiger partial charge in [0.25, 0.3) is 0 Å². The van der Waals surface area contributed by atoms with Crippen LogP contribution in [0, 0.1) is 0 Å². The van der Waals surface area contributed by atoms with Crippen LogP contribution in [0.4, 0.5) is 0 Å². The third-order valence-electron chi connectivity index (χ3n) is 5.06. The summed E-state index contributed by atoms with van der Waals surface area (Å²) in [5.41, 5.74) is 2.00. The number of rotatable bonds is 11. The molecule has 0 unspecified atom stereocenters. The van der Waals surface area contributed by atoms with Crippen LogP contribution in [-0.4, -0.2) is 34.6 Å². The summed E-state index contributed by atoms with van der Waals surface area (Å²) in [6, 6.07) is 14.8. The predicted molar refractivity (Wildman–Crippen MR) is 132 cm³/mol. The van der Waals surface area contributed by atoms with E-state index in [1.54, 1.807) is 28.8 Å². The van der Waals surface area contributed by atoms with Crippen molar-refractivity contribution in [3.8, 4) is 0 Å². The first-order valence-electron chi connectivity index (χ1n) is 10.5. The van der Waals surface area contributed by atoms with Crippen LogP contribution < -0.4 is 5.32 Å². The number of hydrogen-bond donors (Lipinski definition) is 1. The minimum atomic E-state index is -0.548. The highest BCUT2D eigenvalue weighted by atomic mass is 35.5. The number of thioether (sulfide) groups is 1. The zero-order chi connectivity index (χ0) is 22.8. The third-order valence-corrected chi connectivity index (χ3v) is 6.79. The molecule has 0 radical (unpaired) electrons. The van der Waals surface area contributed by atoms with Crippen LogP contribution in [0.5, 0.6) is 0 Å². The Kier molecular flexibility index (Phi) is 10.7. The van der Waals surface area contributed by atoms with Gasteiger partial charge < -0.3 is 10.2 Å². The molecule has 0 aliphatic carbocycles. The van der Waals surface area contributed by atoms with E-state index in [4.69, 9.17) is 23.2 Å². The number of carbonyl (C=O) groups excluding carboxylic acids is 2. The van der Waals surface area contributed by atoms with E-state index in [1.807, 2.05) is 57.2 Å². The smallest absolute Gasteiger partial charge is 0.243 e. The maximum Gasteiger partial charge on any atom is 0.243 e. The number of amides is 2. The van der Waals surface area contributed by atoms with Gasteiger partial charge in [-0.1, -0.05) is 73.4 Å². The number of hydrogen-bond acceptors (Lipinski definition) is 3. The molecule has 0 fully saturated rings. The average Bonchev–Trinajstić information content (AvgIpc) is 2.76. The van der Waals surface area contributed by atoms with Crippen molar-refractivity contribution in [3.05, 3.63) is 69.7 Å². The van der Waals surface area contributed by atoms with E-state index >= 15 is 0 Å². The fraction of sp³-hybridized carbons (Fsp3) is 0.417. The lowest BCUT2D eigenvalue weighted by Crippen LogP contribution is -2.51. The molecule has 168 valence electrons. The molecule has 31 heavy (non-hydrogen) atoms. The maximum absolute atomic E-state index is 13.2. The molecule has 2 rings (SSSR count). The third kappa shape index (κ3) is 8.06. The van der Waals surface area contributed by atoms with Crippen molar-refractivity contribution in [2.24, 2.45) is 0 Å². The van der Waals surface area contributed by atoms with E-state index in [0.29, 0.717) is 28.8 Å². The van der Waals surface area contributed by atoms with E-state index in [0.717, 1.165) is 23.3 Å². The summed E-state index contributed by atoms with van der Waals surface area (Å²) in [6.45, 7) is 6.21. The summed E-state index contributed by atoms with van der Waals surface area (Å²) in [5.74, 6) is 0.836. The minimum absolute atomic E-state index is 0.0518. The van der Waals surface area contributed by atoms with Gasteiger partial charge in [-0.3, -0.25) is 9.59 Å². The molecule has 0 saturated heterocycles. The van der Waals surface area contributed by atoms with Crippen LogP contribution in [0.3, 0.4) is 0 Å². The lowest BCUT2D eigenvalue weighted by Gasteiger charge is -2.31. The van der Waals surface area contributed by atoms with Crippen molar-refractivity contribution in [2.75, 3.05) is 5.75 Å². The molecule has 2 atom stereocenters. The molecule has 2 aromatic carbocycles. The van der Waals surface area contributed by atoms with Gasteiger partial charge in [-0.2, -0.15) is 0 Å². The number of halogens is 2. The van der Waals surface area contributed by atoms with E-state index in [1.165, 1.54) is 0 Å². The largest absolute Gasteiger partial charge is 0.352 e. The van der Waals surface area contributed by atoms with Gasteiger partial charge in [0.1, 0.15) is 6.04 Å². The number of nitrogens with zero attached hydrogens (tertiary/aromatic N) is 1. The Morgan fingerprint density at radius 1 is 1.00 bits per heavy atom. The topological polar surface area (TPSA) is 49.4 Å². The van der Waals surface area contributed by atoms with E-state index in [2.05, 4.69) is 5.32 Å². The molecule has 1 N–H and O–H groups in total. The van der Waals surface area contributed by atoms with Gasteiger partial charge in [-0.25, -0.2) is 0 Å². The molecule has 2 amide bonds. The zero-order valence-corrected chi connectivity index (χ0v) is 20.6. The molecule has 4 nitrogen and oxygen atoms in total. The van der Waals surface area contributed by atoms with Crippen molar-refractivity contribution in [1.82, 2.24) is 10.2 Å². The molecule has 0 bridgehead atoms. The molecule has 0 heterocycles. The summed E-state index contributed by atoms with van der Waals surface area (Å²) in [4.78, 5) is 27.8. The number of nitrogens with one attached hydrogen (secondary N) is 1. The summed E-state index contributed by atoms with van der Waals surface area (Å²) in [5, 5.41) is 3.91. The minimum Gasteiger partial charge on any atom is -0.352 e. The quantitative estimate of drug-likeness (QED) is 0.432. The lowest BCUT2D eigenvalue weighted by atomic mass is 10.1. The first-order valence-corrected chi connectivity index (χ1v) is 12.4. The SMILES string of the molecule is CC[C@@H](C)NC(=O)[C@@H](CC)N(Cc1ccc(Cl)c(Cl)c1)C(=O)CSCc1ccccc1. The molecular formula is C24H30Cl2N2O2S. The monoisotopic (exact) mass is 480 g/mol. The van der Waals surface area contributed by atoms with Crippen molar-refractivity contribution in [2.45, 2.75) is 58.0 Å². The predicted octanol–water partition coefficient (Wildman–Crippen LogP) is 5.95. The van der Waals surface area contributed by atoms with Gasteiger partial charge in [-0.15, -0.1) is 11.8 Å². The van der Waals surface area contributed by atoms with Gasteiger partial charge in [0.05, 0.1) is 15.8 Å². The highest BCUT2D eigenvalue weighted by Crippen LogP contribution is 2.24. The first kappa shape index (κ1) is 25.6.